The SMILES string of the molecule is COc1cc(/C=N\NC(=O)CN(Cc2ccccc2)S(=O)(=O)c2ccc(Br)cc2)ccc1O. The number of carbonyl (C=O) groups is 1. The van der Waals surface area contributed by atoms with E-state index in [1.54, 1.807) is 48.5 Å². The van der Waals surface area contributed by atoms with Crippen LogP contribution in [0.2, 0.25) is 0 Å². The van der Waals surface area contributed by atoms with Crippen LogP contribution >= 0.6 is 15.9 Å². The Morgan fingerprint density at radius 2 is 1.82 bits per heavy atom. The topological polar surface area (TPSA) is 108 Å². The van der Waals surface area contributed by atoms with E-state index in [9.17, 15) is 18.3 Å². The van der Waals surface area contributed by atoms with Gasteiger partial charge in [0.05, 0.1) is 24.8 Å². The number of aromatic hydroxyl groups is 1. The van der Waals surface area contributed by atoms with Gasteiger partial charge in [0.1, 0.15) is 0 Å². The maximum absolute atomic E-state index is 13.2. The van der Waals surface area contributed by atoms with Crippen molar-refractivity contribution >= 4 is 38.1 Å². The van der Waals surface area contributed by atoms with Crippen molar-refractivity contribution in [2.75, 3.05) is 13.7 Å². The highest BCUT2D eigenvalue weighted by molar-refractivity contribution is 9.10. The molecule has 0 aromatic heterocycles. The van der Waals surface area contributed by atoms with Crippen molar-refractivity contribution in [3.8, 4) is 11.5 Å². The van der Waals surface area contributed by atoms with E-state index in [2.05, 4.69) is 26.5 Å². The van der Waals surface area contributed by atoms with E-state index >= 15 is 0 Å². The lowest BCUT2D eigenvalue weighted by molar-refractivity contribution is -0.121. The molecule has 0 aliphatic heterocycles. The number of methoxy groups -OCH3 is 1. The lowest BCUT2D eigenvalue weighted by Crippen LogP contribution is -2.39. The summed E-state index contributed by atoms with van der Waals surface area (Å²) in [6, 6.07) is 19.8. The number of sulfonamides is 1. The van der Waals surface area contributed by atoms with Gasteiger partial charge < -0.3 is 9.84 Å². The fourth-order valence-corrected chi connectivity index (χ4v) is 4.57. The fourth-order valence-electron chi connectivity index (χ4n) is 2.92. The molecular weight excluding hydrogens is 510 g/mol. The first-order chi connectivity index (χ1) is 15.8. The Kier molecular flexibility index (Phi) is 8.21. The number of amides is 1. The van der Waals surface area contributed by atoms with Crippen LogP contribution < -0.4 is 10.2 Å². The Hall–Kier alpha value is -3.21. The minimum absolute atomic E-state index is 0.0194. The molecule has 3 rings (SSSR count). The van der Waals surface area contributed by atoms with Gasteiger partial charge in [0.2, 0.25) is 10.0 Å². The summed E-state index contributed by atoms with van der Waals surface area (Å²) in [4.78, 5) is 12.6. The molecular formula is C23H22BrN3O5S. The average molecular weight is 532 g/mol. The number of benzene rings is 3. The first-order valence-corrected chi connectivity index (χ1v) is 12.0. The van der Waals surface area contributed by atoms with E-state index < -0.39 is 22.5 Å². The molecule has 1 amide bonds. The smallest absolute Gasteiger partial charge is 0.255 e. The molecule has 8 nitrogen and oxygen atoms in total. The van der Waals surface area contributed by atoms with Crippen molar-refractivity contribution in [2.24, 2.45) is 5.10 Å². The fraction of sp³-hybridized carbons (Fsp3) is 0.130. The summed E-state index contributed by atoms with van der Waals surface area (Å²) in [6.07, 6.45) is 1.37. The van der Waals surface area contributed by atoms with Crippen LogP contribution in [-0.4, -0.2) is 43.6 Å². The molecule has 3 aromatic rings. The van der Waals surface area contributed by atoms with Crippen molar-refractivity contribution in [1.82, 2.24) is 9.73 Å². The Morgan fingerprint density at radius 3 is 2.48 bits per heavy atom. The number of nitrogens with zero attached hydrogens (tertiary/aromatic N) is 2. The number of rotatable bonds is 9. The summed E-state index contributed by atoms with van der Waals surface area (Å²) in [5, 5.41) is 13.5. The molecule has 0 atom stereocenters. The molecule has 0 heterocycles. The molecule has 10 heteroatoms. The maximum atomic E-state index is 13.2. The summed E-state index contributed by atoms with van der Waals surface area (Å²) >= 11 is 3.29. The van der Waals surface area contributed by atoms with Gasteiger partial charge in [-0.05, 0) is 53.6 Å². The van der Waals surface area contributed by atoms with Gasteiger partial charge in [0, 0.05) is 11.0 Å². The van der Waals surface area contributed by atoms with Crippen LogP contribution in [0, 0.1) is 0 Å². The number of phenols is 1. The molecule has 0 radical (unpaired) electrons. The molecule has 0 saturated heterocycles. The van der Waals surface area contributed by atoms with Gasteiger partial charge >= 0.3 is 0 Å². The minimum atomic E-state index is -3.95. The van der Waals surface area contributed by atoms with E-state index in [-0.39, 0.29) is 22.9 Å². The van der Waals surface area contributed by atoms with Gasteiger partial charge in [0.25, 0.3) is 5.91 Å². The van der Waals surface area contributed by atoms with Crippen LogP contribution in [0.5, 0.6) is 11.5 Å². The van der Waals surface area contributed by atoms with Crippen molar-refractivity contribution in [1.29, 1.82) is 0 Å². The number of hydrazone groups is 1. The van der Waals surface area contributed by atoms with Crippen LogP contribution in [0.1, 0.15) is 11.1 Å². The number of carbonyl (C=O) groups excluding carboxylic acids is 1. The third-order valence-corrected chi connectivity index (χ3v) is 6.91. The second-order valence-electron chi connectivity index (χ2n) is 6.94. The van der Waals surface area contributed by atoms with Crippen molar-refractivity contribution < 1.29 is 23.1 Å². The quantitative estimate of drug-likeness (QED) is 0.324. The molecule has 0 unspecified atom stereocenters. The molecule has 0 aliphatic rings. The molecule has 172 valence electrons. The molecule has 0 spiro atoms. The Morgan fingerprint density at radius 1 is 1.12 bits per heavy atom. The Balaban J connectivity index is 1.76. The molecule has 0 fully saturated rings. The summed E-state index contributed by atoms with van der Waals surface area (Å²) in [7, 11) is -2.53. The van der Waals surface area contributed by atoms with Crippen LogP contribution in [0.4, 0.5) is 0 Å². The number of phenolic OH excluding ortho intramolecular Hbond substituents is 1. The van der Waals surface area contributed by atoms with Crippen LogP contribution in [0.15, 0.2) is 87.3 Å². The normalized spacial score (nSPS) is 11.6. The minimum Gasteiger partial charge on any atom is -0.504 e. The first-order valence-electron chi connectivity index (χ1n) is 9.78. The van der Waals surface area contributed by atoms with Crippen molar-refractivity contribution in [3.05, 3.63) is 88.4 Å². The van der Waals surface area contributed by atoms with E-state index in [0.717, 1.165) is 14.3 Å². The lowest BCUT2D eigenvalue weighted by Gasteiger charge is -2.21. The molecule has 2 N–H and O–H groups in total. The standard InChI is InChI=1S/C23H22BrN3O5S/c1-32-22-13-18(7-12-21(22)28)14-25-26-23(29)16-27(15-17-5-3-2-4-6-17)33(30,31)20-10-8-19(24)9-11-20/h2-14,28H,15-16H2,1H3,(H,26,29)/b25-14-. The number of halogens is 1. The molecule has 0 bridgehead atoms. The second-order valence-corrected chi connectivity index (χ2v) is 9.79. The number of hydrogen-bond acceptors (Lipinski definition) is 6. The second kappa shape index (κ2) is 11.1. The average Bonchev–Trinajstić information content (AvgIpc) is 2.80. The zero-order chi connectivity index (χ0) is 23.8. The molecule has 0 aliphatic carbocycles. The first kappa shape index (κ1) is 24.4. The largest absolute Gasteiger partial charge is 0.504 e. The van der Waals surface area contributed by atoms with Crippen LogP contribution in [-0.2, 0) is 21.4 Å². The van der Waals surface area contributed by atoms with Crippen molar-refractivity contribution in [3.63, 3.8) is 0 Å². The third-order valence-electron chi connectivity index (χ3n) is 4.58. The van der Waals surface area contributed by atoms with Crippen LogP contribution in [0.3, 0.4) is 0 Å². The third kappa shape index (κ3) is 6.64. The van der Waals surface area contributed by atoms with E-state index in [1.165, 1.54) is 31.5 Å². The van der Waals surface area contributed by atoms with E-state index in [4.69, 9.17) is 4.74 Å². The molecule has 3 aromatic carbocycles. The van der Waals surface area contributed by atoms with Gasteiger partial charge in [0.15, 0.2) is 11.5 Å². The van der Waals surface area contributed by atoms with Gasteiger partial charge in [-0.1, -0.05) is 46.3 Å². The van der Waals surface area contributed by atoms with Gasteiger partial charge in [-0.25, -0.2) is 13.8 Å². The van der Waals surface area contributed by atoms with Gasteiger partial charge in [-0.15, -0.1) is 0 Å². The highest BCUT2D eigenvalue weighted by atomic mass is 79.9. The van der Waals surface area contributed by atoms with Crippen LogP contribution in [0.25, 0.3) is 0 Å². The predicted molar refractivity (Wildman–Crippen MR) is 129 cm³/mol. The summed E-state index contributed by atoms with van der Waals surface area (Å²) < 4.78 is 33.3. The summed E-state index contributed by atoms with van der Waals surface area (Å²) in [5.41, 5.74) is 3.66. The molecule has 0 saturated carbocycles. The van der Waals surface area contributed by atoms with E-state index in [0.29, 0.717) is 5.56 Å². The van der Waals surface area contributed by atoms with Gasteiger partial charge in [-0.2, -0.15) is 9.41 Å². The Bertz CT molecular complexity index is 1230. The number of ether oxygens (including phenoxy) is 1. The maximum Gasteiger partial charge on any atom is 0.255 e. The molecule has 33 heavy (non-hydrogen) atoms. The zero-order valence-electron chi connectivity index (χ0n) is 17.7. The van der Waals surface area contributed by atoms with Gasteiger partial charge in [-0.3, -0.25) is 4.79 Å². The predicted octanol–water partition coefficient (Wildman–Crippen LogP) is 3.50. The monoisotopic (exact) mass is 531 g/mol. The van der Waals surface area contributed by atoms with Crippen molar-refractivity contribution in [2.45, 2.75) is 11.4 Å². The zero-order valence-corrected chi connectivity index (χ0v) is 20.1. The highest BCUT2D eigenvalue weighted by Crippen LogP contribution is 2.25. The summed E-state index contributed by atoms with van der Waals surface area (Å²) in [5.74, 6) is -0.359. The Labute approximate surface area is 200 Å². The lowest BCUT2D eigenvalue weighted by atomic mass is 10.2. The number of hydrogen-bond donors (Lipinski definition) is 2. The summed E-state index contributed by atoms with van der Waals surface area (Å²) in [6.45, 7) is -0.408. The van der Waals surface area contributed by atoms with E-state index in [1.807, 2.05) is 6.07 Å². The number of nitrogens with one attached hydrogen (secondary N) is 1. The highest BCUT2D eigenvalue weighted by Gasteiger charge is 2.27.